The summed E-state index contributed by atoms with van der Waals surface area (Å²) in [5, 5.41) is 5.95. The first-order valence-corrected chi connectivity index (χ1v) is 7.04. The van der Waals surface area contributed by atoms with Crippen molar-refractivity contribution in [3.05, 3.63) is 35.6 Å². The Morgan fingerprint density at radius 2 is 1.95 bits per heavy atom. The lowest BCUT2D eigenvalue weighted by Crippen LogP contribution is -2.47. The fourth-order valence-corrected chi connectivity index (χ4v) is 2.79. The van der Waals surface area contributed by atoms with E-state index in [1.165, 1.54) is 18.2 Å². The van der Waals surface area contributed by atoms with Crippen molar-refractivity contribution >= 4 is 17.6 Å². The minimum Gasteiger partial charge on any atom is -0.317 e. The van der Waals surface area contributed by atoms with E-state index in [-0.39, 0.29) is 5.92 Å². The van der Waals surface area contributed by atoms with Crippen molar-refractivity contribution in [2.45, 2.75) is 18.8 Å². The quantitative estimate of drug-likeness (QED) is 0.797. The zero-order valence-electron chi connectivity index (χ0n) is 11.4. The van der Waals surface area contributed by atoms with Gasteiger partial charge in [-0.1, -0.05) is 12.1 Å². The summed E-state index contributed by atoms with van der Waals surface area (Å²) < 4.78 is 13.3. The third kappa shape index (κ3) is 2.85. The molecule has 0 saturated carbocycles. The number of nitrogens with zero attached hydrogens (tertiary/aromatic N) is 1. The maximum Gasteiger partial charge on any atom is 0.264 e. The van der Waals surface area contributed by atoms with Crippen LogP contribution in [-0.4, -0.2) is 30.7 Å². The third-order valence-corrected chi connectivity index (χ3v) is 3.90. The van der Waals surface area contributed by atoms with Gasteiger partial charge in [-0.05, 0) is 43.6 Å². The van der Waals surface area contributed by atoms with Gasteiger partial charge in [-0.2, -0.15) is 4.99 Å². The molecule has 1 aromatic rings. The number of carbonyl (C=O) groups excluding carboxylic acids is 2. The van der Waals surface area contributed by atoms with Gasteiger partial charge in [0, 0.05) is 5.92 Å². The average Bonchev–Trinajstić information content (AvgIpc) is 2.47. The van der Waals surface area contributed by atoms with E-state index in [0.29, 0.717) is 11.4 Å². The van der Waals surface area contributed by atoms with Gasteiger partial charge in [0.25, 0.3) is 5.91 Å². The molecular weight excluding hydrogens is 273 g/mol. The first kappa shape index (κ1) is 13.9. The minimum absolute atomic E-state index is 0.104. The predicted octanol–water partition coefficient (Wildman–Crippen LogP) is 0.964. The molecule has 2 aliphatic rings. The van der Waals surface area contributed by atoms with Crippen LogP contribution in [0.4, 0.5) is 4.39 Å². The Bertz CT molecular complexity index is 609. The second kappa shape index (κ2) is 5.73. The van der Waals surface area contributed by atoms with Crippen molar-refractivity contribution in [3.63, 3.8) is 0 Å². The lowest BCUT2D eigenvalue weighted by Gasteiger charge is -2.28. The summed E-state index contributed by atoms with van der Waals surface area (Å²) in [6.07, 6.45) is 1.69. The molecule has 110 valence electrons. The number of amidine groups is 1. The van der Waals surface area contributed by atoms with Crippen LogP contribution < -0.4 is 10.6 Å². The molecule has 0 spiro atoms. The van der Waals surface area contributed by atoms with Crippen LogP contribution in [0, 0.1) is 11.7 Å². The van der Waals surface area contributed by atoms with Crippen LogP contribution in [0.3, 0.4) is 0 Å². The van der Waals surface area contributed by atoms with Gasteiger partial charge in [0.1, 0.15) is 17.6 Å². The summed E-state index contributed by atoms with van der Waals surface area (Å²) in [4.78, 5) is 28.4. The Hall–Kier alpha value is -2.08. The van der Waals surface area contributed by atoms with Gasteiger partial charge in [-0.15, -0.1) is 0 Å². The topological polar surface area (TPSA) is 70.6 Å². The van der Waals surface area contributed by atoms with Crippen LogP contribution in [0.1, 0.15) is 24.3 Å². The lowest BCUT2D eigenvalue weighted by atomic mass is 9.92. The van der Waals surface area contributed by atoms with Crippen molar-refractivity contribution < 1.29 is 14.0 Å². The molecule has 2 aliphatic heterocycles. The molecule has 0 aliphatic carbocycles. The Balaban J connectivity index is 1.85. The zero-order valence-corrected chi connectivity index (χ0v) is 11.4. The Morgan fingerprint density at radius 1 is 1.19 bits per heavy atom. The molecule has 1 saturated heterocycles. The van der Waals surface area contributed by atoms with Gasteiger partial charge >= 0.3 is 0 Å². The molecule has 1 fully saturated rings. The summed E-state index contributed by atoms with van der Waals surface area (Å²) in [5.74, 6) is -1.90. The largest absolute Gasteiger partial charge is 0.317 e. The summed E-state index contributed by atoms with van der Waals surface area (Å²) >= 11 is 0. The minimum atomic E-state index is -1.05. The number of halogens is 1. The smallest absolute Gasteiger partial charge is 0.264 e. The molecule has 21 heavy (non-hydrogen) atoms. The van der Waals surface area contributed by atoms with Crippen LogP contribution >= 0.6 is 0 Å². The summed E-state index contributed by atoms with van der Waals surface area (Å²) in [7, 11) is 0. The number of piperidine rings is 1. The van der Waals surface area contributed by atoms with Gasteiger partial charge < -0.3 is 10.6 Å². The number of aliphatic imine (C=N–C) groups is 1. The predicted molar refractivity (Wildman–Crippen MR) is 75.3 cm³/mol. The van der Waals surface area contributed by atoms with Gasteiger partial charge in [-0.25, -0.2) is 4.39 Å². The highest BCUT2D eigenvalue weighted by Crippen LogP contribution is 2.24. The number of benzene rings is 1. The molecule has 2 N–H and O–H groups in total. The average molecular weight is 289 g/mol. The maximum atomic E-state index is 13.3. The summed E-state index contributed by atoms with van der Waals surface area (Å²) in [6, 6.07) is 5.53. The van der Waals surface area contributed by atoms with Crippen molar-refractivity contribution in [2.24, 2.45) is 10.9 Å². The number of hydrogen-bond donors (Lipinski definition) is 2. The highest BCUT2D eigenvalue weighted by Gasteiger charge is 2.35. The standard InChI is InChI=1S/C15H16FN3O2/c16-11-3-1-2-10(8-11)12-14(20)18-13(19-15(12)21)9-4-6-17-7-5-9/h1-3,8-9,12,17H,4-7H2,(H,18,19,20,21). The van der Waals surface area contributed by atoms with Crippen LogP contribution in [0.15, 0.2) is 29.3 Å². The molecule has 1 atom stereocenters. The molecule has 1 unspecified atom stereocenters. The van der Waals surface area contributed by atoms with Gasteiger partial charge in [0.2, 0.25) is 5.91 Å². The van der Waals surface area contributed by atoms with E-state index in [9.17, 15) is 14.0 Å². The molecule has 3 rings (SSSR count). The molecule has 0 aromatic heterocycles. The maximum absolute atomic E-state index is 13.3. The summed E-state index contributed by atoms with van der Waals surface area (Å²) in [5.41, 5.74) is 0.339. The highest BCUT2D eigenvalue weighted by molar-refractivity contribution is 6.19. The number of carbonyl (C=O) groups is 2. The van der Waals surface area contributed by atoms with E-state index in [2.05, 4.69) is 15.6 Å². The Labute approximate surface area is 121 Å². The fourth-order valence-electron chi connectivity index (χ4n) is 2.79. The van der Waals surface area contributed by atoms with Crippen LogP contribution in [0.5, 0.6) is 0 Å². The highest BCUT2D eigenvalue weighted by atomic mass is 19.1. The van der Waals surface area contributed by atoms with Gasteiger partial charge in [0.05, 0.1) is 0 Å². The first-order valence-electron chi connectivity index (χ1n) is 7.04. The van der Waals surface area contributed by atoms with Crippen LogP contribution in [0.25, 0.3) is 0 Å². The molecule has 0 radical (unpaired) electrons. The first-order chi connectivity index (χ1) is 10.1. The zero-order chi connectivity index (χ0) is 14.8. The van der Waals surface area contributed by atoms with E-state index < -0.39 is 23.5 Å². The van der Waals surface area contributed by atoms with Gasteiger partial charge in [0.15, 0.2) is 0 Å². The monoisotopic (exact) mass is 289 g/mol. The number of rotatable bonds is 2. The second-order valence-electron chi connectivity index (χ2n) is 5.34. The molecule has 0 bridgehead atoms. The van der Waals surface area contributed by atoms with Crippen molar-refractivity contribution in [1.29, 1.82) is 0 Å². The Kier molecular flexibility index (Phi) is 3.79. The summed E-state index contributed by atoms with van der Waals surface area (Å²) in [6.45, 7) is 1.70. The molecule has 1 aromatic carbocycles. The van der Waals surface area contributed by atoms with Crippen molar-refractivity contribution in [1.82, 2.24) is 10.6 Å². The fraction of sp³-hybridized carbons (Fsp3) is 0.400. The SMILES string of the molecule is O=C1N=C(C2CCNCC2)NC(=O)C1c1cccc(F)c1. The van der Waals surface area contributed by atoms with E-state index in [4.69, 9.17) is 0 Å². The van der Waals surface area contributed by atoms with Crippen LogP contribution in [0.2, 0.25) is 0 Å². The molecule has 5 nitrogen and oxygen atoms in total. The van der Waals surface area contributed by atoms with E-state index >= 15 is 0 Å². The van der Waals surface area contributed by atoms with Crippen molar-refractivity contribution in [2.75, 3.05) is 13.1 Å². The van der Waals surface area contributed by atoms with E-state index in [1.807, 2.05) is 0 Å². The molecular formula is C15H16FN3O2. The van der Waals surface area contributed by atoms with E-state index in [0.717, 1.165) is 25.9 Å². The second-order valence-corrected chi connectivity index (χ2v) is 5.34. The normalized spacial score (nSPS) is 23.7. The molecule has 2 amide bonds. The third-order valence-electron chi connectivity index (χ3n) is 3.90. The van der Waals surface area contributed by atoms with Crippen molar-refractivity contribution in [3.8, 4) is 0 Å². The molecule has 2 heterocycles. The Morgan fingerprint density at radius 3 is 2.62 bits per heavy atom. The number of amides is 2. The van der Waals surface area contributed by atoms with E-state index in [1.54, 1.807) is 6.07 Å². The lowest BCUT2D eigenvalue weighted by molar-refractivity contribution is -0.130. The molecule has 6 heteroatoms. The number of nitrogens with one attached hydrogen (secondary N) is 2. The van der Waals surface area contributed by atoms with Gasteiger partial charge in [-0.3, -0.25) is 9.59 Å². The number of hydrogen-bond acceptors (Lipinski definition) is 3. The van der Waals surface area contributed by atoms with Crippen LogP contribution in [-0.2, 0) is 9.59 Å².